The first-order chi connectivity index (χ1) is 13.4. The van der Waals surface area contributed by atoms with E-state index in [2.05, 4.69) is 15.8 Å². The molecular formula is C17H20Cl2N4O5. The largest absolute Gasteiger partial charge is 0.387 e. The predicted molar refractivity (Wildman–Crippen MR) is 101 cm³/mol. The molecule has 11 heteroatoms. The Bertz CT molecular complexity index is 810. The van der Waals surface area contributed by atoms with Gasteiger partial charge in [0.15, 0.2) is 6.23 Å². The van der Waals surface area contributed by atoms with E-state index >= 15 is 0 Å². The second kappa shape index (κ2) is 7.77. The summed E-state index contributed by atoms with van der Waals surface area (Å²) in [6, 6.07) is 4.62. The third kappa shape index (κ3) is 3.27. The summed E-state index contributed by atoms with van der Waals surface area (Å²) < 4.78 is 5.86. The summed E-state index contributed by atoms with van der Waals surface area (Å²) in [6.45, 7) is 0.267. The van der Waals surface area contributed by atoms with Crippen LogP contribution >= 0.6 is 23.2 Å². The second-order valence-corrected chi connectivity index (χ2v) is 7.68. The number of amidine groups is 1. The zero-order valence-electron chi connectivity index (χ0n) is 14.5. The van der Waals surface area contributed by atoms with E-state index in [9.17, 15) is 20.5 Å². The van der Waals surface area contributed by atoms with Gasteiger partial charge in [0.25, 0.3) is 0 Å². The average Bonchev–Trinajstić information content (AvgIpc) is 3.25. The number of hydroxylamine groups is 1. The zero-order valence-corrected chi connectivity index (χ0v) is 16.0. The van der Waals surface area contributed by atoms with Crippen molar-refractivity contribution in [2.75, 3.05) is 6.67 Å². The molecular weight excluding hydrogens is 411 g/mol. The molecule has 0 aliphatic carbocycles. The number of fused-ring (bicyclic) bond motifs is 1. The smallest absolute Gasteiger partial charge is 0.160 e. The maximum atomic E-state index is 10.7. The first-order valence-electron chi connectivity index (χ1n) is 8.70. The molecule has 0 radical (unpaired) electrons. The van der Waals surface area contributed by atoms with Gasteiger partial charge < -0.3 is 25.0 Å². The topological polar surface area (TPSA) is 130 Å². The molecule has 0 aromatic heterocycles. The highest BCUT2D eigenvalue weighted by molar-refractivity contribution is 6.42. The molecule has 1 aromatic carbocycles. The number of aliphatic imine (C=N–C) groups is 1. The molecule has 3 aliphatic rings. The number of halogens is 2. The molecule has 1 saturated heterocycles. The van der Waals surface area contributed by atoms with Gasteiger partial charge in [0.2, 0.25) is 0 Å². The Hall–Kier alpha value is -1.43. The number of nitrogens with zero attached hydrogens (tertiary/aromatic N) is 2. The Kier molecular flexibility index (Phi) is 5.51. The predicted octanol–water partition coefficient (Wildman–Crippen LogP) is 0.183. The van der Waals surface area contributed by atoms with Crippen LogP contribution < -0.4 is 10.8 Å². The van der Waals surface area contributed by atoms with Crippen molar-refractivity contribution < 1.29 is 25.3 Å². The average molecular weight is 431 g/mol. The number of rotatable bonds is 3. The minimum atomic E-state index is -1.32. The van der Waals surface area contributed by atoms with Gasteiger partial charge in [-0.3, -0.25) is 21.0 Å². The van der Waals surface area contributed by atoms with E-state index in [-0.39, 0.29) is 23.8 Å². The van der Waals surface area contributed by atoms with Crippen LogP contribution in [0.25, 0.3) is 0 Å². The van der Waals surface area contributed by atoms with E-state index in [0.717, 1.165) is 0 Å². The molecule has 28 heavy (non-hydrogen) atoms. The van der Waals surface area contributed by atoms with Crippen molar-refractivity contribution in [3.05, 3.63) is 46.1 Å². The van der Waals surface area contributed by atoms with Crippen LogP contribution in [0.3, 0.4) is 0 Å². The Morgan fingerprint density at radius 1 is 1.25 bits per heavy atom. The lowest BCUT2D eigenvalue weighted by Crippen LogP contribution is -2.56. The molecule has 7 atom stereocenters. The first-order valence-corrected chi connectivity index (χ1v) is 9.46. The van der Waals surface area contributed by atoms with E-state index < -0.39 is 30.6 Å². The van der Waals surface area contributed by atoms with Crippen molar-refractivity contribution in [3.63, 3.8) is 0 Å². The molecule has 1 fully saturated rings. The molecule has 4 rings (SSSR count). The van der Waals surface area contributed by atoms with Crippen molar-refractivity contribution in [2.24, 2.45) is 10.9 Å². The monoisotopic (exact) mass is 430 g/mol. The maximum Gasteiger partial charge on any atom is 0.160 e. The summed E-state index contributed by atoms with van der Waals surface area (Å²) in [7, 11) is 0. The van der Waals surface area contributed by atoms with Crippen LogP contribution in [0.1, 0.15) is 11.7 Å². The molecule has 0 bridgehead atoms. The van der Waals surface area contributed by atoms with E-state index in [0.29, 0.717) is 16.4 Å². The summed E-state index contributed by atoms with van der Waals surface area (Å²) in [5, 5.41) is 44.7. The minimum absolute atomic E-state index is 0.267. The van der Waals surface area contributed by atoms with Gasteiger partial charge in [-0.2, -0.15) is 0 Å². The van der Waals surface area contributed by atoms with Crippen LogP contribution in [0.2, 0.25) is 10.0 Å². The van der Waals surface area contributed by atoms with Gasteiger partial charge in [0.05, 0.1) is 28.8 Å². The quantitative estimate of drug-likeness (QED) is 0.374. The lowest BCUT2D eigenvalue weighted by Gasteiger charge is -2.37. The number of aliphatic hydroxyl groups is 3. The summed E-state index contributed by atoms with van der Waals surface area (Å²) in [5.74, 6) is 0.119. The summed E-state index contributed by atoms with van der Waals surface area (Å²) in [4.78, 5) is 5.83. The van der Waals surface area contributed by atoms with Gasteiger partial charge in [-0.25, -0.2) is 0 Å². The molecule has 3 heterocycles. The van der Waals surface area contributed by atoms with Gasteiger partial charge in [0.1, 0.15) is 30.3 Å². The first kappa shape index (κ1) is 19.9. The van der Waals surface area contributed by atoms with E-state index in [1.165, 1.54) is 6.07 Å². The number of ether oxygens (including phenoxy) is 1. The molecule has 9 nitrogen and oxygen atoms in total. The standard InChI is InChI=1S/C17H20Cl2N4O5/c18-9-2-1-7(5-10(9)19)11(24)14-12(25)13(26)17(28-14)23-4-3-8-15(22-27)20-6-21-16(8)23/h1-5,8,11-14,16-17,21,24-27H,6H2,(H,20,22)/t8?,11-,12+,13-,14-,16?,17-/m1/s1. The third-order valence-corrected chi connectivity index (χ3v) is 6.01. The van der Waals surface area contributed by atoms with Crippen LogP contribution in [-0.4, -0.2) is 68.6 Å². The highest BCUT2D eigenvalue weighted by Gasteiger charge is 2.51. The number of aliphatic hydroxyl groups excluding tert-OH is 3. The molecule has 152 valence electrons. The van der Waals surface area contributed by atoms with Crippen molar-refractivity contribution in [1.29, 1.82) is 0 Å². The van der Waals surface area contributed by atoms with Crippen LogP contribution in [-0.2, 0) is 4.74 Å². The number of hydrogen-bond acceptors (Lipinski definition) is 9. The molecule has 6 N–H and O–H groups in total. The Labute approximate surface area is 170 Å². The third-order valence-electron chi connectivity index (χ3n) is 5.27. The summed E-state index contributed by atoms with van der Waals surface area (Å²) in [5.41, 5.74) is 2.49. The van der Waals surface area contributed by atoms with Gasteiger partial charge in [0, 0.05) is 6.20 Å². The number of benzene rings is 1. The Morgan fingerprint density at radius 3 is 2.75 bits per heavy atom. The minimum Gasteiger partial charge on any atom is -0.387 e. The van der Waals surface area contributed by atoms with Crippen LogP contribution in [0.15, 0.2) is 35.5 Å². The second-order valence-electron chi connectivity index (χ2n) is 6.87. The number of hydrogen-bond donors (Lipinski definition) is 6. The van der Waals surface area contributed by atoms with Crippen LogP contribution in [0.5, 0.6) is 0 Å². The fourth-order valence-corrected chi connectivity index (χ4v) is 4.12. The van der Waals surface area contributed by atoms with E-state index in [1.54, 1.807) is 29.3 Å². The van der Waals surface area contributed by atoms with Crippen molar-refractivity contribution in [1.82, 2.24) is 15.7 Å². The maximum absolute atomic E-state index is 10.7. The van der Waals surface area contributed by atoms with Gasteiger partial charge in [-0.1, -0.05) is 35.3 Å². The molecule has 3 aliphatic heterocycles. The summed E-state index contributed by atoms with van der Waals surface area (Å²) >= 11 is 11.9. The molecule has 1 aromatic rings. The SMILES string of the molecule is ONC1=NCNC2C1C=CN2[C@@H]1O[C@H]([C@H](O)c2ccc(Cl)c(Cl)c2)[C@@H](O)[C@H]1O. The van der Waals surface area contributed by atoms with Crippen LogP contribution in [0, 0.1) is 5.92 Å². The van der Waals surface area contributed by atoms with Gasteiger partial charge in [-0.15, -0.1) is 0 Å². The van der Waals surface area contributed by atoms with E-state index in [1.807, 2.05) is 0 Å². The van der Waals surface area contributed by atoms with Crippen molar-refractivity contribution in [2.45, 2.75) is 36.8 Å². The van der Waals surface area contributed by atoms with Gasteiger partial charge in [-0.05, 0) is 17.7 Å². The lowest BCUT2D eigenvalue weighted by molar-refractivity contribution is -0.114. The lowest BCUT2D eigenvalue weighted by atomic mass is 9.99. The Balaban J connectivity index is 1.53. The van der Waals surface area contributed by atoms with E-state index in [4.69, 9.17) is 27.9 Å². The highest BCUT2D eigenvalue weighted by atomic mass is 35.5. The van der Waals surface area contributed by atoms with Gasteiger partial charge >= 0.3 is 0 Å². The fourth-order valence-electron chi connectivity index (χ4n) is 3.81. The molecule has 0 spiro atoms. The zero-order chi connectivity index (χ0) is 20.0. The number of nitrogens with one attached hydrogen (secondary N) is 2. The summed E-state index contributed by atoms with van der Waals surface area (Å²) in [6.07, 6.45) is -2.63. The Morgan fingerprint density at radius 2 is 2.04 bits per heavy atom. The molecule has 0 saturated carbocycles. The van der Waals surface area contributed by atoms with Crippen LogP contribution in [0.4, 0.5) is 0 Å². The highest BCUT2D eigenvalue weighted by Crippen LogP contribution is 2.37. The van der Waals surface area contributed by atoms with Crippen molar-refractivity contribution in [3.8, 4) is 0 Å². The van der Waals surface area contributed by atoms with Crippen molar-refractivity contribution >= 4 is 29.0 Å². The normalized spacial score (nSPS) is 35.6. The molecule has 2 unspecified atom stereocenters. The fraction of sp³-hybridized carbons (Fsp3) is 0.471. The molecule has 0 amide bonds.